The third kappa shape index (κ3) is 3.26. The van der Waals surface area contributed by atoms with Crippen LogP contribution >= 0.6 is 0 Å². The zero-order valence-electron chi connectivity index (χ0n) is 12.4. The van der Waals surface area contributed by atoms with Gasteiger partial charge in [0.05, 0.1) is 6.54 Å². The van der Waals surface area contributed by atoms with E-state index in [-0.39, 0.29) is 17.0 Å². The van der Waals surface area contributed by atoms with Gasteiger partial charge >= 0.3 is 0 Å². The minimum Gasteiger partial charge on any atom is -0.326 e. The molecule has 0 saturated carbocycles. The van der Waals surface area contributed by atoms with Gasteiger partial charge < -0.3 is 4.90 Å². The molecule has 1 aliphatic rings. The predicted octanol–water partition coefficient (Wildman–Crippen LogP) is 2.12. The molecule has 3 heteroatoms. The number of likely N-dealkylation sites (tertiary alicyclic amines) is 1. The minimum absolute atomic E-state index is 0.0830. The van der Waals surface area contributed by atoms with Gasteiger partial charge in [-0.3, -0.25) is 9.69 Å². The molecule has 0 atom stereocenters. The van der Waals surface area contributed by atoms with E-state index in [9.17, 15) is 4.79 Å². The molecule has 0 aromatic heterocycles. The average molecular weight is 250 g/mol. The van der Waals surface area contributed by atoms with Gasteiger partial charge in [-0.25, -0.2) is 0 Å². The van der Waals surface area contributed by atoms with Crippen LogP contribution < -0.4 is 0 Å². The largest absolute Gasteiger partial charge is 0.326 e. The molecule has 1 amide bonds. The summed E-state index contributed by atoms with van der Waals surface area (Å²) >= 11 is 0. The SMILES string of the molecule is C#CCN(C(C)=O)C1(C)CCN(C(C)(C)C)CC1. The number of carbonyl (C=O) groups is 1. The summed E-state index contributed by atoms with van der Waals surface area (Å²) in [4.78, 5) is 16.1. The normalized spacial score (nSPS) is 20.2. The first kappa shape index (κ1) is 15.0. The molecule has 0 aromatic carbocycles. The van der Waals surface area contributed by atoms with Gasteiger partial charge in [-0.15, -0.1) is 6.42 Å². The molecule has 18 heavy (non-hydrogen) atoms. The van der Waals surface area contributed by atoms with E-state index in [0.29, 0.717) is 6.54 Å². The zero-order valence-corrected chi connectivity index (χ0v) is 12.4. The van der Waals surface area contributed by atoms with Gasteiger partial charge in [0.25, 0.3) is 0 Å². The third-order valence-electron chi connectivity index (χ3n) is 4.07. The molecule has 0 unspecified atom stereocenters. The van der Waals surface area contributed by atoms with Crippen LogP contribution in [0.5, 0.6) is 0 Å². The number of hydrogen-bond acceptors (Lipinski definition) is 2. The highest BCUT2D eigenvalue weighted by molar-refractivity contribution is 5.74. The maximum Gasteiger partial charge on any atom is 0.220 e. The van der Waals surface area contributed by atoms with Crippen molar-refractivity contribution in [3.05, 3.63) is 0 Å². The zero-order chi connectivity index (χ0) is 14.0. The Morgan fingerprint density at radius 2 is 1.89 bits per heavy atom. The standard InChI is InChI=1S/C15H26N2O/c1-7-10-17(13(2)18)15(6)8-11-16(12-9-15)14(3,4)5/h1H,8-12H2,2-6H3. The van der Waals surface area contributed by atoms with Crippen molar-refractivity contribution in [1.82, 2.24) is 9.80 Å². The molecular weight excluding hydrogens is 224 g/mol. The number of hydrogen-bond donors (Lipinski definition) is 0. The van der Waals surface area contributed by atoms with Crippen molar-refractivity contribution in [2.75, 3.05) is 19.6 Å². The van der Waals surface area contributed by atoms with Crippen molar-refractivity contribution >= 4 is 5.91 Å². The Labute approximate surface area is 112 Å². The van der Waals surface area contributed by atoms with Crippen LogP contribution in [0.25, 0.3) is 0 Å². The summed E-state index contributed by atoms with van der Waals surface area (Å²) in [7, 11) is 0. The van der Waals surface area contributed by atoms with Gasteiger partial charge in [0, 0.05) is 31.1 Å². The molecule has 0 aromatic rings. The van der Waals surface area contributed by atoms with Gasteiger partial charge in [0.2, 0.25) is 5.91 Å². The van der Waals surface area contributed by atoms with Gasteiger partial charge in [0.1, 0.15) is 0 Å². The van der Waals surface area contributed by atoms with Crippen molar-refractivity contribution in [1.29, 1.82) is 0 Å². The third-order valence-corrected chi connectivity index (χ3v) is 4.07. The van der Waals surface area contributed by atoms with Crippen LogP contribution in [0.4, 0.5) is 0 Å². The highest BCUT2D eigenvalue weighted by Gasteiger charge is 2.38. The van der Waals surface area contributed by atoms with Crippen molar-refractivity contribution in [3.63, 3.8) is 0 Å². The first-order chi connectivity index (χ1) is 8.20. The molecule has 0 N–H and O–H groups in total. The summed E-state index contributed by atoms with van der Waals surface area (Å²) in [5.41, 5.74) is 0.119. The quantitative estimate of drug-likeness (QED) is 0.701. The van der Waals surface area contributed by atoms with Crippen molar-refractivity contribution < 1.29 is 4.79 Å². The number of rotatable bonds is 2. The Hall–Kier alpha value is -1.01. The number of piperidine rings is 1. The predicted molar refractivity (Wildman–Crippen MR) is 75.2 cm³/mol. The van der Waals surface area contributed by atoms with E-state index in [1.807, 2.05) is 4.90 Å². The lowest BCUT2D eigenvalue weighted by molar-refractivity contribution is -0.136. The minimum atomic E-state index is -0.0834. The fourth-order valence-electron chi connectivity index (χ4n) is 2.70. The van der Waals surface area contributed by atoms with Crippen molar-refractivity contribution in [3.8, 4) is 12.3 Å². The lowest BCUT2D eigenvalue weighted by atomic mass is 9.85. The van der Waals surface area contributed by atoms with Crippen LogP contribution in [0, 0.1) is 12.3 Å². The summed E-state index contributed by atoms with van der Waals surface area (Å²) in [5, 5.41) is 0. The highest BCUT2D eigenvalue weighted by atomic mass is 16.2. The lowest BCUT2D eigenvalue weighted by Crippen LogP contribution is -2.58. The molecule has 1 saturated heterocycles. The Morgan fingerprint density at radius 3 is 2.22 bits per heavy atom. The van der Waals surface area contributed by atoms with Gasteiger partial charge in [-0.2, -0.15) is 0 Å². The summed E-state index contributed by atoms with van der Waals surface area (Å²) in [6.45, 7) is 12.9. The maximum atomic E-state index is 11.7. The van der Waals surface area contributed by atoms with Crippen LogP contribution in [0.2, 0.25) is 0 Å². The second-order valence-electron chi connectivity index (χ2n) is 6.46. The highest BCUT2D eigenvalue weighted by Crippen LogP contribution is 2.31. The molecule has 1 aliphatic heterocycles. The first-order valence-electron chi connectivity index (χ1n) is 6.67. The summed E-state index contributed by atoms with van der Waals surface area (Å²) < 4.78 is 0. The van der Waals surface area contributed by atoms with Crippen LogP contribution in [0.15, 0.2) is 0 Å². The fraction of sp³-hybridized carbons (Fsp3) is 0.800. The van der Waals surface area contributed by atoms with E-state index in [0.717, 1.165) is 25.9 Å². The molecule has 0 radical (unpaired) electrons. The first-order valence-corrected chi connectivity index (χ1v) is 6.67. The lowest BCUT2D eigenvalue weighted by Gasteiger charge is -2.49. The van der Waals surface area contributed by atoms with Gasteiger partial charge in [0.15, 0.2) is 0 Å². The van der Waals surface area contributed by atoms with E-state index in [1.54, 1.807) is 6.92 Å². The van der Waals surface area contributed by atoms with Gasteiger partial charge in [-0.05, 0) is 40.5 Å². The Kier molecular flexibility index (Phi) is 4.45. The van der Waals surface area contributed by atoms with E-state index in [1.165, 1.54) is 0 Å². The molecule has 0 bridgehead atoms. The van der Waals surface area contributed by atoms with E-state index >= 15 is 0 Å². The molecule has 3 nitrogen and oxygen atoms in total. The van der Waals surface area contributed by atoms with E-state index in [2.05, 4.69) is 38.5 Å². The van der Waals surface area contributed by atoms with Crippen molar-refractivity contribution in [2.24, 2.45) is 0 Å². The van der Waals surface area contributed by atoms with E-state index < -0.39 is 0 Å². The van der Waals surface area contributed by atoms with E-state index in [4.69, 9.17) is 6.42 Å². The van der Waals surface area contributed by atoms with Crippen LogP contribution in [0.1, 0.15) is 47.5 Å². The average Bonchev–Trinajstić information content (AvgIpc) is 2.24. The molecular formula is C15H26N2O. The number of nitrogens with zero attached hydrogens (tertiary/aromatic N) is 2. The Morgan fingerprint density at radius 1 is 1.39 bits per heavy atom. The Balaban J connectivity index is 2.74. The smallest absolute Gasteiger partial charge is 0.220 e. The number of amides is 1. The Bertz CT molecular complexity index is 340. The molecule has 1 heterocycles. The van der Waals surface area contributed by atoms with Gasteiger partial charge in [-0.1, -0.05) is 5.92 Å². The number of carbonyl (C=O) groups excluding carboxylic acids is 1. The second-order valence-corrected chi connectivity index (χ2v) is 6.46. The monoisotopic (exact) mass is 250 g/mol. The summed E-state index contributed by atoms with van der Waals surface area (Å²) in [6, 6.07) is 0. The van der Waals surface area contributed by atoms with Crippen molar-refractivity contribution in [2.45, 2.75) is 58.5 Å². The molecule has 0 aliphatic carbocycles. The second kappa shape index (κ2) is 5.32. The van der Waals surface area contributed by atoms with Crippen LogP contribution in [-0.4, -0.2) is 46.4 Å². The fourth-order valence-corrected chi connectivity index (χ4v) is 2.70. The van der Waals surface area contributed by atoms with Crippen LogP contribution in [-0.2, 0) is 4.79 Å². The maximum absolute atomic E-state index is 11.7. The molecule has 1 rings (SSSR count). The number of terminal acetylenes is 1. The molecule has 102 valence electrons. The molecule has 1 fully saturated rings. The molecule has 0 spiro atoms. The summed E-state index contributed by atoms with van der Waals surface area (Å²) in [6.07, 6.45) is 7.36. The van der Waals surface area contributed by atoms with Crippen LogP contribution in [0.3, 0.4) is 0 Å². The topological polar surface area (TPSA) is 23.6 Å². The summed E-state index contributed by atoms with van der Waals surface area (Å²) in [5.74, 6) is 2.69.